The van der Waals surface area contributed by atoms with Crippen molar-refractivity contribution in [1.82, 2.24) is 0 Å². The maximum absolute atomic E-state index is 7.14. The van der Waals surface area contributed by atoms with Gasteiger partial charge in [-0.2, -0.15) is 0 Å². The molecule has 3 heteroatoms. The lowest BCUT2D eigenvalue weighted by molar-refractivity contribution is 0.442. The molecule has 324 valence electrons. The fourth-order valence-corrected chi connectivity index (χ4v) is 13.3. The Balaban J connectivity index is 0.893. The molecule has 2 aliphatic rings. The van der Waals surface area contributed by atoms with E-state index in [0.717, 1.165) is 33.6 Å². The normalized spacial score (nSPS) is 14.5. The average molecular weight is 890 g/mol. The van der Waals surface area contributed by atoms with Gasteiger partial charge in [0, 0.05) is 42.3 Å². The van der Waals surface area contributed by atoms with Gasteiger partial charge in [0.2, 0.25) is 0 Å². The highest BCUT2D eigenvalue weighted by Crippen LogP contribution is 2.56. The summed E-state index contributed by atoms with van der Waals surface area (Å²) in [5.41, 5.74) is 16.3. The first-order valence-electron chi connectivity index (χ1n) is 24.3. The Morgan fingerprint density at radius 3 is 1.81 bits per heavy atom. The summed E-state index contributed by atoms with van der Waals surface area (Å²) in [5, 5.41) is 7.46. The zero-order chi connectivity index (χ0) is 44.8. The van der Waals surface area contributed by atoms with Gasteiger partial charge < -0.3 is 9.32 Å². The van der Waals surface area contributed by atoms with Crippen LogP contribution in [0.25, 0.3) is 75.1 Å². The molecule has 68 heavy (non-hydrogen) atoms. The Morgan fingerprint density at radius 2 is 1.03 bits per heavy atom. The molecule has 0 radical (unpaired) electrons. The average Bonchev–Trinajstić information content (AvgIpc) is 4.08. The van der Waals surface area contributed by atoms with E-state index in [1.165, 1.54) is 119 Å². The minimum Gasteiger partial charge on any atom is -0.454 e. The molecule has 0 atom stereocenters. The lowest BCUT2D eigenvalue weighted by atomic mass is 9.67. The van der Waals surface area contributed by atoms with E-state index >= 15 is 0 Å². The second-order valence-corrected chi connectivity index (χ2v) is 20.0. The van der Waals surface area contributed by atoms with Gasteiger partial charge in [-0.25, -0.2) is 0 Å². The number of nitrogens with zero attached hydrogens (tertiary/aromatic N) is 1. The lowest BCUT2D eigenvalue weighted by Crippen LogP contribution is -2.28. The van der Waals surface area contributed by atoms with Crippen molar-refractivity contribution in [1.29, 1.82) is 0 Å². The SMILES string of the molecule is c1ccc2c(c1)-c1ccccc1C2(c1ccc(-c2ccc(N(c3ccc4c(c3)sc3ccccc34)c3cccc4c3oc3c(C5CCCCC5)cccc34)cc2)cc1)c1ccc2ccccc2c1. The van der Waals surface area contributed by atoms with Gasteiger partial charge in [-0.15, -0.1) is 11.3 Å². The summed E-state index contributed by atoms with van der Waals surface area (Å²) in [6.07, 6.45) is 6.36. The third-order valence-electron chi connectivity index (χ3n) is 15.4. The molecule has 1 saturated carbocycles. The van der Waals surface area contributed by atoms with Crippen LogP contribution in [0.2, 0.25) is 0 Å². The highest BCUT2D eigenvalue weighted by atomic mass is 32.1. The van der Waals surface area contributed by atoms with Crippen LogP contribution in [0.5, 0.6) is 0 Å². The molecule has 2 nitrogen and oxygen atoms in total. The highest BCUT2D eigenvalue weighted by molar-refractivity contribution is 7.25. The van der Waals surface area contributed by atoms with E-state index in [1.807, 2.05) is 11.3 Å². The van der Waals surface area contributed by atoms with Crippen LogP contribution < -0.4 is 4.90 Å². The largest absolute Gasteiger partial charge is 0.454 e. The van der Waals surface area contributed by atoms with Crippen molar-refractivity contribution < 1.29 is 4.42 Å². The van der Waals surface area contributed by atoms with Gasteiger partial charge in [-0.1, -0.05) is 195 Å². The fraction of sp³-hybridized carbons (Fsp3) is 0.108. The van der Waals surface area contributed by atoms with Crippen molar-refractivity contribution in [3.8, 4) is 22.3 Å². The number of hydrogen-bond acceptors (Lipinski definition) is 3. The number of thiophene rings is 1. The first kappa shape index (κ1) is 39.4. The molecule has 14 rings (SSSR count). The number of hydrogen-bond donors (Lipinski definition) is 0. The van der Waals surface area contributed by atoms with Crippen molar-refractivity contribution in [2.24, 2.45) is 0 Å². The molecule has 0 aliphatic heterocycles. The van der Waals surface area contributed by atoms with Gasteiger partial charge in [0.25, 0.3) is 0 Å². The monoisotopic (exact) mass is 889 g/mol. The van der Waals surface area contributed by atoms with E-state index in [9.17, 15) is 0 Å². The molecule has 0 bridgehead atoms. The van der Waals surface area contributed by atoms with Gasteiger partial charge in [-0.05, 0) is 122 Å². The quantitative estimate of drug-likeness (QED) is 0.159. The molecule has 2 aromatic heterocycles. The van der Waals surface area contributed by atoms with Crippen LogP contribution in [0.3, 0.4) is 0 Å². The second kappa shape index (κ2) is 15.7. The summed E-state index contributed by atoms with van der Waals surface area (Å²) in [6.45, 7) is 0. The van der Waals surface area contributed by atoms with Crippen LogP contribution in [0, 0.1) is 0 Å². The van der Waals surface area contributed by atoms with Crippen LogP contribution in [-0.2, 0) is 5.41 Å². The minimum atomic E-state index is -0.468. The highest BCUT2D eigenvalue weighted by Gasteiger charge is 2.46. The number of benzene rings is 10. The third-order valence-corrected chi connectivity index (χ3v) is 16.5. The molecular weight excluding hydrogens is 843 g/mol. The fourth-order valence-electron chi connectivity index (χ4n) is 12.2. The molecule has 1 fully saturated rings. The van der Waals surface area contributed by atoms with Gasteiger partial charge in [0.05, 0.1) is 11.1 Å². The van der Waals surface area contributed by atoms with Crippen molar-refractivity contribution in [3.05, 3.63) is 246 Å². The van der Waals surface area contributed by atoms with Crippen LogP contribution in [0.15, 0.2) is 223 Å². The Labute approximate surface area is 400 Å². The molecule has 0 spiro atoms. The molecular formula is C65H47NOS. The Kier molecular flexibility index (Phi) is 9.10. The lowest BCUT2D eigenvalue weighted by Gasteiger charge is -2.34. The van der Waals surface area contributed by atoms with Gasteiger partial charge in [0.1, 0.15) is 5.58 Å². The maximum atomic E-state index is 7.14. The molecule has 0 saturated heterocycles. The van der Waals surface area contributed by atoms with Crippen LogP contribution in [-0.4, -0.2) is 0 Å². The van der Waals surface area contributed by atoms with Crippen molar-refractivity contribution in [2.45, 2.75) is 43.4 Å². The maximum Gasteiger partial charge on any atom is 0.159 e. The summed E-state index contributed by atoms with van der Waals surface area (Å²) in [6, 6.07) is 81.5. The molecule has 0 unspecified atom stereocenters. The summed E-state index contributed by atoms with van der Waals surface area (Å²) < 4.78 is 9.72. The smallest absolute Gasteiger partial charge is 0.159 e. The first-order valence-corrected chi connectivity index (χ1v) is 25.1. The van der Waals surface area contributed by atoms with Crippen molar-refractivity contribution in [2.75, 3.05) is 4.90 Å². The predicted octanol–water partition coefficient (Wildman–Crippen LogP) is 18.7. The van der Waals surface area contributed by atoms with Crippen molar-refractivity contribution >= 4 is 81.3 Å². The summed E-state index contributed by atoms with van der Waals surface area (Å²) in [4.78, 5) is 2.41. The standard InChI is InChI=1S/C65H47NOS/c1-2-15-45(16-3-1)51-21-12-22-56-57-23-13-26-60(64(57)67-63(51)56)66(50-38-39-55-54-20-8-11-27-61(54)68-62(55)41-50)49-36-31-44(32-37-49)43-28-33-47(34-29-43)65(48-35-30-42-14-4-5-17-46(42)40-48)58-24-9-6-18-52(58)53-19-7-10-25-59(53)65/h4-14,17-41,45H,1-3,15-16H2. The number of rotatable bonds is 7. The molecule has 0 amide bonds. The predicted molar refractivity (Wildman–Crippen MR) is 287 cm³/mol. The van der Waals surface area contributed by atoms with E-state index in [4.69, 9.17) is 4.42 Å². The number of fused-ring (bicyclic) bond motifs is 10. The minimum absolute atomic E-state index is 0.468. The zero-order valence-corrected chi connectivity index (χ0v) is 38.5. The summed E-state index contributed by atoms with van der Waals surface area (Å²) >= 11 is 1.86. The van der Waals surface area contributed by atoms with E-state index in [2.05, 4.69) is 223 Å². The van der Waals surface area contributed by atoms with Crippen LogP contribution in [0.4, 0.5) is 17.1 Å². The molecule has 12 aromatic rings. The Morgan fingerprint density at radius 1 is 0.426 bits per heavy atom. The zero-order valence-electron chi connectivity index (χ0n) is 37.7. The number of anilines is 3. The third kappa shape index (κ3) is 6.02. The van der Waals surface area contributed by atoms with Crippen LogP contribution in [0.1, 0.15) is 65.8 Å². The van der Waals surface area contributed by atoms with Gasteiger partial charge >= 0.3 is 0 Å². The summed E-state index contributed by atoms with van der Waals surface area (Å²) in [7, 11) is 0. The first-order chi connectivity index (χ1) is 33.7. The number of para-hydroxylation sites is 2. The van der Waals surface area contributed by atoms with Crippen molar-refractivity contribution in [3.63, 3.8) is 0 Å². The van der Waals surface area contributed by atoms with E-state index in [1.54, 1.807) is 0 Å². The molecule has 2 heterocycles. The van der Waals surface area contributed by atoms with E-state index in [0.29, 0.717) is 5.92 Å². The summed E-state index contributed by atoms with van der Waals surface area (Å²) in [5.74, 6) is 0.540. The number of furan rings is 1. The Bertz CT molecular complexity index is 3860. The molecule has 0 N–H and O–H groups in total. The topological polar surface area (TPSA) is 16.4 Å². The molecule has 2 aliphatic carbocycles. The van der Waals surface area contributed by atoms with Gasteiger partial charge in [-0.3, -0.25) is 0 Å². The second-order valence-electron chi connectivity index (χ2n) is 19.0. The van der Waals surface area contributed by atoms with Crippen LogP contribution >= 0.6 is 11.3 Å². The molecule has 10 aromatic carbocycles. The van der Waals surface area contributed by atoms with Gasteiger partial charge in [0.15, 0.2) is 5.58 Å². The van der Waals surface area contributed by atoms with E-state index in [-0.39, 0.29) is 0 Å². The van der Waals surface area contributed by atoms with E-state index < -0.39 is 5.41 Å². The Hall–Kier alpha value is -7.72.